The van der Waals surface area contributed by atoms with Gasteiger partial charge in [0.25, 0.3) is 0 Å². The van der Waals surface area contributed by atoms with Crippen molar-refractivity contribution in [3.63, 3.8) is 0 Å². The van der Waals surface area contributed by atoms with Crippen molar-refractivity contribution in [1.82, 2.24) is 9.55 Å². The Morgan fingerprint density at radius 2 is 2.00 bits per heavy atom. The van der Waals surface area contributed by atoms with E-state index in [4.69, 9.17) is 14.9 Å². The first-order valence-corrected chi connectivity index (χ1v) is 12.8. The van der Waals surface area contributed by atoms with Crippen LogP contribution < -0.4 is 11.5 Å². The smallest absolute Gasteiger partial charge is 0.419 e. The summed E-state index contributed by atoms with van der Waals surface area (Å²) < 4.78 is 49.7. The molecule has 0 aliphatic heterocycles. The quantitative estimate of drug-likeness (QED) is 0.354. The summed E-state index contributed by atoms with van der Waals surface area (Å²) in [5.74, 6) is -2.00. The predicted molar refractivity (Wildman–Crippen MR) is 128 cm³/mol. The van der Waals surface area contributed by atoms with E-state index in [1.54, 1.807) is 31.2 Å². The Labute approximate surface area is 200 Å². The number of fused-ring (bicyclic) bond motifs is 1. The number of H-pyrrole nitrogens is 1. The number of para-hydroxylation sites is 1. The maximum atomic E-state index is 14.9. The summed E-state index contributed by atoms with van der Waals surface area (Å²) in [5.41, 5.74) is 7.73. The summed E-state index contributed by atoms with van der Waals surface area (Å²) in [4.78, 5) is 28.1. The first-order chi connectivity index (χ1) is 16.6. The van der Waals surface area contributed by atoms with E-state index in [2.05, 4.69) is 4.98 Å². The monoisotopic (exact) mass is 501 g/mol. The highest BCUT2D eigenvalue weighted by Crippen LogP contribution is 2.35. The SMILES string of the molecule is CCOC(=O)c1[nH]c2c(Cn3cc(CN)oc3=O)cccc2c1-c1ccc(CS(C)(=O)=O)c(F)c1. The molecule has 0 aliphatic carbocycles. The van der Waals surface area contributed by atoms with Crippen LogP contribution >= 0.6 is 0 Å². The van der Waals surface area contributed by atoms with E-state index in [0.717, 1.165) is 6.26 Å². The van der Waals surface area contributed by atoms with Crippen molar-refractivity contribution < 1.29 is 26.8 Å². The van der Waals surface area contributed by atoms with Crippen LogP contribution in [0.3, 0.4) is 0 Å². The highest BCUT2D eigenvalue weighted by atomic mass is 32.2. The molecule has 0 aliphatic rings. The lowest BCUT2D eigenvalue weighted by molar-refractivity contribution is 0.0521. The number of oxazole rings is 1. The number of nitrogens with zero attached hydrogens (tertiary/aromatic N) is 1. The average Bonchev–Trinajstić information content (AvgIpc) is 3.35. The molecule has 0 saturated carbocycles. The normalized spacial score (nSPS) is 11.8. The van der Waals surface area contributed by atoms with Crippen LogP contribution in [-0.4, -0.2) is 36.8 Å². The summed E-state index contributed by atoms with van der Waals surface area (Å²) in [6, 6.07) is 9.46. The topological polar surface area (TPSA) is 137 Å². The molecule has 0 radical (unpaired) electrons. The van der Waals surface area contributed by atoms with Gasteiger partial charge in [0.2, 0.25) is 0 Å². The molecule has 0 spiro atoms. The van der Waals surface area contributed by atoms with Crippen LogP contribution in [0.4, 0.5) is 4.39 Å². The van der Waals surface area contributed by atoms with Crippen molar-refractivity contribution in [1.29, 1.82) is 0 Å². The standard InChI is InChI=1S/C24H24FN3O6S/c1-3-33-23(29)22-20(14-7-8-16(19(25)9-14)13-35(2,31)32)18-6-4-5-15(21(18)27-22)11-28-12-17(10-26)34-24(28)30/h4-9,12,27H,3,10-11,13,26H2,1-2H3. The third kappa shape index (κ3) is 5.05. The molecule has 4 rings (SSSR count). The molecule has 2 aromatic heterocycles. The molecule has 3 N–H and O–H groups in total. The number of hydrogen-bond acceptors (Lipinski definition) is 7. The first kappa shape index (κ1) is 24.4. The molecule has 0 fully saturated rings. The van der Waals surface area contributed by atoms with Crippen LogP contribution in [0.25, 0.3) is 22.0 Å². The number of aromatic nitrogens is 2. The van der Waals surface area contributed by atoms with Gasteiger partial charge in [0, 0.05) is 22.8 Å². The predicted octanol–water partition coefficient (Wildman–Crippen LogP) is 2.96. The van der Waals surface area contributed by atoms with Gasteiger partial charge in [-0.1, -0.05) is 30.3 Å². The van der Waals surface area contributed by atoms with E-state index >= 15 is 0 Å². The Morgan fingerprint density at radius 3 is 2.63 bits per heavy atom. The van der Waals surface area contributed by atoms with Crippen molar-refractivity contribution >= 4 is 26.7 Å². The number of aromatic amines is 1. The van der Waals surface area contributed by atoms with Crippen molar-refractivity contribution in [2.45, 2.75) is 25.8 Å². The highest BCUT2D eigenvalue weighted by Gasteiger charge is 2.23. The first-order valence-electron chi connectivity index (χ1n) is 10.8. The van der Waals surface area contributed by atoms with E-state index < -0.39 is 33.1 Å². The molecule has 0 atom stereocenters. The van der Waals surface area contributed by atoms with Crippen molar-refractivity contribution in [2.24, 2.45) is 5.73 Å². The average molecular weight is 502 g/mol. The zero-order valence-corrected chi connectivity index (χ0v) is 19.9. The van der Waals surface area contributed by atoms with Crippen molar-refractivity contribution in [3.8, 4) is 11.1 Å². The van der Waals surface area contributed by atoms with Gasteiger partial charge in [-0.2, -0.15) is 0 Å². The maximum absolute atomic E-state index is 14.9. The van der Waals surface area contributed by atoms with Gasteiger partial charge in [0.15, 0.2) is 9.84 Å². The van der Waals surface area contributed by atoms with Crippen molar-refractivity contribution in [2.75, 3.05) is 12.9 Å². The van der Waals surface area contributed by atoms with E-state index in [1.807, 2.05) is 0 Å². The molecule has 0 amide bonds. The fourth-order valence-corrected chi connectivity index (χ4v) is 4.78. The van der Waals surface area contributed by atoms with Crippen LogP contribution in [-0.2, 0) is 33.4 Å². The zero-order valence-electron chi connectivity index (χ0n) is 19.1. The summed E-state index contributed by atoms with van der Waals surface area (Å²) in [6.45, 7) is 2.02. The lowest BCUT2D eigenvalue weighted by atomic mass is 9.99. The minimum atomic E-state index is -3.43. The number of nitrogens with one attached hydrogen (secondary N) is 1. The Balaban J connectivity index is 1.88. The molecule has 35 heavy (non-hydrogen) atoms. The molecular formula is C24H24FN3O6S. The lowest BCUT2D eigenvalue weighted by Crippen LogP contribution is -2.14. The number of halogens is 1. The number of hydrogen-bond donors (Lipinski definition) is 2. The lowest BCUT2D eigenvalue weighted by Gasteiger charge is -2.08. The Kier molecular flexibility index (Phi) is 6.64. The van der Waals surface area contributed by atoms with E-state index in [0.29, 0.717) is 33.4 Å². The van der Waals surface area contributed by atoms with Crippen LogP contribution in [0.1, 0.15) is 34.3 Å². The minimum absolute atomic E-state index is 0.0319. The van der Waals surface area contributed by atoms with Gasteiger partial charge in [0.05, 0.1) is 37.2 Å². The number of carbonyl (C=O) groups is 1. The third-order valence-corrected chi connectivity index (χ3v) is 6.29. The molecule has 9 nitrogen and oxygen atoms in total. The summed E-state index contributed by atoms with van der Waals surface area (Å²) >= 11 is 0. The van der Waals surface area contributed by atoms with Gasteiger partial charge in [-0.15, -0.1) is 0 Å². The molecule has 0 unspecified atom stereocenters. The van der Waals surface area contributed by atoms with Crippen LogP contribution in [0.5, 0.6) is 0 Å². The number of esters is 1. The fraction of sp³-hybridized carbons (Fsp3) is 0.250. The Bertz CT molecular complexity index is 1580. The molecule has 4 aromatic rings. The molecule has 2 aromatic carbocycles. The number of nitrogens with two attached hydrogens (primary N) is 1. The fourth-order valence-electron chi connectivity index (χ4n) is 3.98. The Morgan fingerprint density at radius 1 is 1.23 bits per heavy atom. The van der Waals surface area contributed by atoms with Gasteiger partial charge < -0.3 is 19.9 Å². The van der Waals surface area contributed by atoms with E-state index in [9.17, 15) is 22.4 Å². The molecule has 11 heteroatoms. The van der Waals surface area contributed by atoms with E-state index in [-0.39, 0.29) is 31.0 Å². The van der Waals surface area contributed by atoms with Gasteiger partial charge in [0.1, 0.15) is 17.3 Å². The number of sulfone groups is 1. The molecular weight excluding hydrogens is 477 g/mol. The molecule has 0 saturated heterocycles. The largest absolute Gasteiger partial charge is 0.461 e. The second kappa shape index (κ2) is 9.51. The minimum Gasteiger partial charge on any atom is -0.461 e. The number of rotatable bonds is 8. The number of carbonyl (C=O) groups excluding carboxylic acids is 1. The van der Waals surface area contributed by atoms with Gasteiger partial charge in [-0.25, -0.2) is 22.4 Å². The van der Waals surface area contributed by atoms with Gasteiger partial charge >= 0.3 is 11.7 Å². The third-order valence-electron chi connectivity index (χ3n) is 5.45. The molecule has 184 valence electrons. The Hall–Kier alpha value is -3.70. The number of benzene rings is 2. The van der Waals surface area contributed by atoms with Gasteiger partial charge in [-0.3, -0.25) is 4.57 Å². The van der Waals surface area contributed by atoms with Crippen LogP contribution in [0, 0.1) is 5.82 Å². The van der Waals surface area contributed by atoms with Gasteiger partial charge in [-0.05, 0) is 24.1 Å². The summed E-state index contributed by atoms with van der Waals surface area (Å²) in [7, 11) is -3.43. The summed E-state index contributed by atoms with van der Waals surface area (Å²) in [6.07, 6.45) is 2.55. The van der Waals surface area contributed by atoms with Crippen LogP contribution in [0.2, 0.25) is 0 Å². The number of ether oxygens (including phenoxy) is 1. The zero-order chi connectivity index (χ0) is 25.3. The maximum Gasteiger partial charge on any atom is 0.419 e. The van der Waals surface area contributed by atoms with Crippen molar-refractivity contribution in [3.05, 3.63) is 81.5 Å². The second-order valence-corrected chi connectivity index (χ2v) is 10.2. The van der Waals surface area contributed by atoms with E-state index in [1.165, 1.54) is 22.9 Å². The summed E-state index contributed by atoms with van der Waals surface area (Å²) in [5, 5.41) is 0.608. The molecule has 2 heterocycles. The second-order valence-electron chi connectivity index (χ2n) is 8.11. The van der Waals surface area contributed by atoms with Crippen LogP contribution in [0.15, 0.2) is 51.8 Å². The molecule has 0 bridgehead atoms. The highest BCUT2D eigenvalue weighted by molar-refractivity contribution is 7.89.